The van der Waals surface area contributed by atoms with Crippen LogP contribution in [0, 0.1) is 0 Å². The quantitative estimate of drug-likeness (QED) is 0.821. The molecule has 1 aromatic heterocycles. The molecule has 1 rings (SSSR count). The van der Waals surface area contributed by atoms with Crippen LogP contribution in [-0.2, 0) is 11.2 Å². The molecule has 4 nitrogen and oxygen atoms in total. The molecule has 5 heteroatoms. The number of aromatic nitrogens is 1. The van der Waals surface area contributed by atoms with E-state index in [2.05, 4.69) is 17.2 Å². The van der Waals surface area contributed by atoms with E-state index in [4.69, 9.17) is 5.73 Å². The van der Waals surface area contributed by atoms with Crippen LogP contribution in [0.15, 0.2) is 6.20 Å². The van der Waals surface area contributed by atoms with Crippen molar-refractivity contribution in [1.82, 2.24) is 4.98 Å². The van der Waals surface area contributed by atoms with Crippen LogP contribution in [0.1, 0.15) is 44.9 Å². The van der Waals surface area contributed by atoms with Crippen LogP contribution in [-0.4, -0.2) is 16.4 Å². The molecular formula is C12H21N3OS. The number of nitrogens with zero attached hydrogens (tertiary/aromatic N) is 1. The number of aryl methyl sites for hydroxylation is 1. The topological polar surface area (TPSA) is 68.0 Å². The Morgan fingerprint density at radius 2 is 2.24 bits per heavy atom. The van der Waals surface area contributed by atoms with E-state index in [1.165, 1.54) is 16.2 Å². The molecule has 0 aliphatic carbocycles. The normalized spacial score (nSPS) is 14.4. The van der Waals surface area contributed by atoms with Crippen LogP contribution in [0.4, 0.5) is 5.13 Å². The van der Waals surface area contributed by atoms with E-state index >= 15 is 0 Å². The Hall–Kier alpha value is -0.940. The van der Waals surface area contributed by atoms with Crippen molar-refractivity contribution in [3.8, 4) is 0 Å². The van der Waals surface area contributed by atoms with Gasteiger partial charge >= 0.3 is 0 Å². The Kier molecular flexibility index (Phi) is 5.08. The van der Waals surface area contributed by atoms with Crippen LogP contribution >= 0.6 is 11.3 Å². The van der Waals surface area contributed by atoms with Crippen molar-refractivity contribution in [2.45, 2.75) is 52.0 Å². The van der Waals surface area contributed by atoms with Gasteiger partial charge in [-0.3, -0.25) is 4.79 Å². The zero-order valence-corrected chi connectivity index (χ0v) is 11.6. The first kappa shape index (κ1) is 14.1. The highest BCUT2D eigenvalue weighted by Crippen LogP contribution is 2.21. The number of anilines is 1. The first-order valence-corrected chi connectivity index (χ1v) is 6.86. The minimum atomic E-state index is -0.814. The lowest BCUT2D eigenvalue weighted by Crippen LogP contribution is -2.48. The largest absolute Gasteiger partial charge is 0.318 e. The summed E-state index contributed by atoms with van der Waals surface area (Å²) in [5.41, 5.74) is 5.13. The summed E-state index contributed by atoms with van der Waals surface area (Å²) in [4.78, 5) is 17.3. The Bertz CT molecular complexity index is 374. The van der Waals surface area contributed by atoms with E-state index < -0.39 is 5.54 Å². The lowest BCUT2D eigenvalue weighted by atomic mass is 9.97. The second kappa shape index (κ2) is 6.12. The molecule has 0 saturated heterocycles. The van der Waals surface area contributed by atoms with Crippen LogP contribution in [0.3, 0.4) is 0 Å². The number of hydrogen-bond donors (Lipinski definition) is 2. The third-order valence-electron chi connectivity index (χ3n) is 2.56. The molecule has 1 aromatic rings. The van der Waals surface area contributed by atoms with Crippen molar-refractivity contribution in [2.75, 3.05) is 5.32 Å². The van der Waals surface area contributed by atoms with Gasteiger partial charge in [0.1, 0.15) is 0 Å². The zero-order chi connectivity index (χ0) is 12.9. The molecule has 96 valence electrons. The summed E-state index contributed by atoms with van der Waals surface area (Å²) in [6.07, 6.45) is 5.46. The Morgan fingerprint density at radius 3 is 2.82 bits per heavy atom. The van der Waals surface area contributed by atoms with E-state index in [0.29, 0.717) is 11.6 Å². The van der Waals surface area contributed by atoms with E-state index in [9.17, 15) is 4.79 Å². The molecule has 1 amide bonds. The molecule has 0 bridgehead atoms. The molecule has 0 aliphatic heterocycles. The molecule has 0 fully saturated rings. The highest BCUT2D eigenvalue weighted by molar-refractivity contribution is 7.15. The molecule has 0 spiro atoms. The maximum atomic E-state index is 11.9. The van der Waals surface area contributed by atoms with Gasteiger partial charge in [-0.05, 0) is 19.8 Å². The fraction of sp³-hybridized carbons (Fsp3) is 0.667. The van der Waals surface area contributed by atoms with Crippen LogP contribution in [0.25, 0.3) is 0 Å². The van der Waals surface area contributed by atoms with Crippen molar-refractivity contribution in [3.63, 3.8) is 0 Å². The number of hydrogen-bond acceptors (Lipinski definition) is 4. The van der Waals surface area contributed by atoms with Crippen molar-refractivity contribution >= 4 is 22.4 Å². The highest BCUT2D eigenvalue weighted by atomic mass is 32.1. The molecular weight excluding hydrogens is 234 g/mol. The fourth-order valence-electron chi connectivity index (χ4n) is 1.60. The predicted molar refractivity (Wildman–Crippen MR) is 72.2 cm³/mol. The summed E-state index contributed by atoms with van der Waals surface area (Å²) >= 11 is 1.52. The van der Waals surface area contributed by atoms with Gasteiger partial charge in [0.2, 0.25) is 5.91 Å². The third-order valence-corrected chi connectivity index (χ3v) is 3.53. The smallest absolute Gasteiger partial charge is 0.245 e. The molecule has 1 atom stereocenters. The minimum Gasteiger partial charge on any atom is -0.318 e. The van der Waals surface area contributed by atoms with Crippen molar-refractivity contribution in [3.05, 3.63) is 11.1 Å². The first-order chi connectivity index (χ1) is 7.99. The van der Waals surface area contributed by atoms with Gasteiger partial charge in [-0.2, -0.15) is 0 Å². The van der Waals surface area contributed by atoms with Crippen molar-refractivity contribution < 1.29 is 4.79 Å². The molecule has 17 heavy (non-hydrogen) atoms. The molecule has 0 aromatic carbocycles. The monoisotopic (exact) mass is 255 g/mol. The van der Waals surface area contributed by atoms with E-state index in [1.54, 1.807) is 6.92 Å². The van der Waals surface area contributed by atoms with Gasteiger partial charge in [-0.15, -0.1) is 11.3 Å². The van der Waals surface area contributed by atoms with Crippen LogP contribution in [0.2, 0.25) is 0 Å². The highest BCUT2D eigenvalue weighted by Gasteiger charge is 2.27. The average molecular weight is 255 g/mol. The van der Waals surface area contributed by atoms with Gasteiger partial charge in [0.05, 0.1) is 5.54 Å². The third kappa shape index (κ3) is 4.09. The second-order valence-corrected chi connectivity index (χ2v) is 5.62. The maximum Gasteiger partial charge on any atom is 0.245 e. The molecule has 0 aliphatic rings. The standard InChI is InChI=1S/C12H21N3OS/c1-4-6-9-8-14-11(17-9)15-10(16)12(3,13)7-5-2/h8H,4-7,13H2,1-3H3,(H,14,15,16). The van der Waals surface area contributed by atoms with Crippen molar-refractivity contribution in [2.24, 2.45) is 5.73 Å². The van der Waals surface area contributed by atoms with Gasteiger partial charge in [0, 0.05) is 11.1 Å². The number of rotatable bonds is 6. The summed E-state index contributed by atoms with van der Waals surface area (Å²) in [6.45, 7) is 5.89. The van der Waals surface area contributed by atoms with Gasteiger partial charge < -0.3 is 11.1 Å². The Balaban J connectivity index is 2.61. The van der Waals surface area contributed by atoms with Gasteiger partial charge in [0.25, 0.3) is 0 Å². The Morgan fingerprint density at radius 1 is 1.53 bits per heavy atom. The average Bonchev–Trinajstić information content (AvgIpc) is 2.66. The molecule has 0 saturated carbocycles. The lowest BCUT2D eigenvalue weighted by Gasteiger charge is -2.21. The molecule has 3 N–H and O–H groups in total. The van der Waals surface area contributed by atoms with Crippen LogP contribution < -0.4 is 11.1 Å². The van der Waals surface area contributed by atoms with Gasteiger partial charge in [0.15, 0.2) is 5.13 Å². The molecule has 1 unspecified atom stereocenters. The van der Waals surface area contributed by atoms with E-state index in [1.807, 2.05) is 13.1 Å². The summed E-state index contributed by atoms with van der Waals surface area (Å²) < 4.78 is 0. The Labute approximate surface area is 107 Å². The first-order valence-electron chi connectivity index (χ1n) is 6.04. The molecule has 0 radical (unpaired) electrons. The van der Waals surface area contributed by atoms with Crippen LogP contribution in [0.5, 0.6) is 0 Å². The summed E-state index contributed by atoms with van der Waals surface area (Å²) in [7, 11) is 0. The minimum absolute atomic E-state index is 0.156. The van der Waals surface area contributed by atoms with Crippen molar-refractivity contribution in [1.29, 1.82) is 0 Å². The van der Waals surface area contributed by atoms with E-state index in [0.717, 1.165) is 19.3 Å². The number of nitrogens with two attached hydrogens (primary N) is 1. The van der Waals surface area contributed by atoms with Gasteiger partial charge in [-0.1, -0.05) is 26.7 Å². The predicted octanol–water partition coefficient (Wildman–Crippen LogP) is 2.55. The number of nitrogens with one attached hydrogen (secondary N) is 1. The summed E-state index contributed by atoms with van der Waals surface area (Å²) in [6, 6.07) is 0. The fourth-order valence-corrected chi connectivity index (χ4v) is 2.51. The number of thiazole rings is 1. The SMILES string of the molecule is CCCc1cnc(NC(=O)C(C)(N)CCC)s1. The number of carbonyl (C=O) groups excluding carboxylic acids is 1. The lowest BCUT2D eigenvalue weighted by molar-refractivity contribution is -0.120. The summed E-state index contributed by atoms with van der Waals surface area (Å²) in [5, 5.41) is 3.43. The van der Waals surface area contributed by atoms with Gasteiger partial charge in [-0.25, -0.2) is 4.98 Å². The van der Waals surface area contributed by atoms with E-state index in [-0.39, 0.29) is 5.91 Å². The maximum absolute atomic E-state index is 11.9. The molecule has 1 heterocycles. The summed E-state index contributed by atoms with van der Waals surface area (Å²) in [5.74, 6) is -0.156. The number of amides is 1. The number of carbonyl (C=O) groups is 1. The second-order valence-electron chi connectivity index (χ2n) is 4.50. The zero-order valence-electron chi connectivity index (χ0n) is 10.7.